The monoisotopic (exact) mass is 449 g/mol. The molecule has 1 aromatic heterocycles. The van der Waals surface area contributed by atoms with Crippen molar-refractivity contribution in [2.24, 2.45) is 0 Å². The van der Waals surface area contributed by atoms with Crippen molar-refractivity contribution in [1.82, 2.24) is 4.57 Å². The Morgan fingerprint density at radius 2 is 1.79 bits per heavy atom. The molecule has 1 aliphatic heterocycles. The highest BCUT2D eigenvalue weighted by Crippen LogP contribution is 2.40. The van der Waals surface area contributed by atoms with E-state index in [1.807, 2.05) is 12.1 Å². The Bertz CT molecular complexity index is 1110. The quantitative estimate of drug-likeness (QED) is 0.488. The predicted molar refractivity (Wildman–Crippen MR) is 123 cm³/mol. The van der Waals surface area contributed by atoms with Crippen molar-refractivity contribution < 1.29 is 18.6 Å². The van der Waals surface area contributed by atoms with Gasteiger partial charge in [-0.3, -0.25) is 9.36 Å². The van der Waals surface area contributed by atoms with Crippen molar-refractivity contribution in [3.63, 3.8) is 0 Å². The van der Waals surface area contributed by atoms with Crippen molar-refractivity contribution in [1.29, 1.82) is 0 Å². The topological polar surface area (TPSA) is 49.7 Å². The van der Waals surface area contributed by atoms with E-state index in [1.165, 1.54) is 30.2 Å². The molecule has 1 unspecified atom stereocenters. The second-order valence-corrected chi connectivity index (χ2v) is 8.80. The van der Waals surface area contributed by atoms with Gasteiger partial charge in [0.2, 0.25) is 0 Å². The molecule has 2 aromatic carbocycles. The summed E-state index contributed by atoms with van der Waals surface area (Å²) in [4.78, 5) is 12.6. The fraction of sp³-hybridized carbons (Fsp3) is 0.370. The van der Waals surface area contributed by atoms with Crippen LogP contribution in [0.5, 0.6) is 5.75 Å². The summed E-state index contributed by atoms with van der Waals surface area (Å²) in [5.41, 5.74) is 2.77. The van der Waals surface area contributed by atoms with Crippen LogP contribution >= 0.6 is 0 Å². The fourth-order valence-corrected chi connectivity index (χ4v) is 4.40. The third-order valence-electron chi connectivity index (χ3n) is 6.43. The molecule has 2 aliphatic rings. The third-order valence-corrected chi connectivity index (χ3v) is 6.43. The third kappa shape index (κ3) is 5.34. The standard InChI is InChI=1S/C27H28FNO4/c28-22-8-4-19(5-9-22)18-32-24-12-13-29(26(30)17-24)23-10-6-20(7-11-23)21-15-25(16-21)33-27-3-1-2-14-31-27/h4-13,17,21,25,27H,1-3,14-16,18H2/t21-,25+,27?. The molecule has 33 heavy (non-hydrogen) atoms. The lowest BCUT2D eigenvalue weighted by atomic mass is 9.77. The van der Waals surface area contributed by atoms with Crippen LogP contribution in [0.4, 0.5) is 4.39 Å². The first-order chi connectivity index (χ1) is 16.1. The molecule has 0 radical (unpaired) electrons. The Kier molecular flexibility index (Phi) is 6.55. The van der Waals surface area contributed by atoms with Crippen LogP contribution in [0, 0.1) is 5.82 Å². The molecule has 0 amide bonds. The van der Waals surface area contributed by atoms with E-state index in [9.17, 15) is 9.18 Å². The first kappa shape index (κ1) is 21.9. The summed E-state index contributed by atoms with van der Waals surface area (Å²) in [6, 6.07) is 17.5. The van der Waals surface area contributed by atoms with Gasteiger partial charge in [0.05, 0.1) is 6.10 Å². The minimum atomic E-state index is -0.285. The van der Waals surface area contributed by atoms with Gasteiger partial charge in [0.1, 0.15) is 18.2 Å². The Labute approximate surface area is 192 Å². The van der Waals surface area contributed by atoms with Gasteiger partial charge in [0, 0.05) is 24.6 Å². The van der Waals surface area contributed by atoms with Crippen molar-refractivity contribution in [3.8, 4) is 11.4 Å². The first-order valence-electron chi connectivity index (χ1n) is 11.6. The van der Waals surface area contributed by atoms with Crippen LogP contribution in [0.1, 0.15) is 49.1 Å². The SMILES string of the molecule is O=c1cc(OCc2ccc(F)cc2)ccn1-c1ccc([C@H]2C[C@@H](OC3CCCCO3)C2)cc1. The minimum absolute atomic E-state index is 0.0263. The number of ether oxygens (including phenoxy) is 3. The smallest absolute Gasteiger partial charge is 0.258 e. The first-order valence-corrected chi connectivity index (χ1v) is 11.6. The summed E-state index contributed by atoms with van der Waals surface area (Å²) in [7, 11) is 0. The molecule has 2 heterocycles. The lowest BCUT2D eigenvalue weighted by molar-refractivity contribution is -0.204. The molecule has 5 rings (SSSR count). The second-order valence-electron chi connectivity index (χ2n) is 8.80. The van der Waals surface area contributed by atoms with Gasteiger partial charge in [-0.25, -0.2) is 4.39 Å². The summed E-state index contributed by atoms with van der Waals surface area (Å²) in [5.74, 6) is 0.693. The lowest BCUT2D eigenvalue weighted by Gasteiger charge is -2.38. The zero-order valence-electron chi connectivity index (χ0n) is 18.5. The van der Waals surface area contributed by atoms with Crippen LogP contribution < -0.4 is 10.3 Å². The van der Waals surface area contributed by atoms with Gasteiger partial charge in [0.25, 0.3) is 5.56 Å². The van der Waals surface area contributed by atoms with Crippen molar-refractivity contribution in [3.05, 3.63) is 94.2 Å². The number of hydrogen-bond acceptors (Lipinski definition) is 4. The molecule has 0 bridgehead atoms. The molecular weight excluding hydrogens is 421 g/mol. The van der Waals surface area contributed by atoms with E-state index < -0.39 is 0 Å². The Morgan fingerprint density at radius 3 is 2.48 bits per heavy atom. The van der Waals surface area contributed by atoms with E-state index in [1.54, 1.807) is 29.0 Å². The Morgan fingerprint density at radius 1 is 1.00 bits per heavy atom. The molecule has 1 saturated carbocycles. The van der Waals surface area contributed by atoms with Crippen LogP contribution in [0.15, 0.2) is 71.7 Å². The van der Waals surface area contributed by atoms with Crippen molar-refractivity contribution in [2.45, 2.75) is 57.0 Å². The summed E-state index contributed by atoms with van der Waals surface area (Å²) >= 11 is 0. The normalized spacial score (nSPS) is 22.5. The van der Waals surface area contributed by atoms with Crippen LogP contribution in [0.3, 0.4) is 0 Å². The molecule has 1 aliphatic carbocycles. The van der Waals surface area contributed by atoms with Gasteiger partial charge in [-0.05, 0) is 79.5 Å². The largest absolute Gasteiger partial charge is 0.489 e. The lowest BCUT2D eigenvalue weighted by Crippen LogP contribution is -2.35. The molecule has 5 nitrogen and oxygen atoms in total. The van der Waals surface area contributed by atoms with Gasteiger partial charge in [-0.15, -0.1) is 0 Å². The number of benzene rings is 2. The van der Waals surface area contributed by atoms with Crippen LogP contribution in [0.2, 0.25) is 0 Å². The van der Waals surface area contributed by atoms with E-state index in [2.05, 4.69) is 12.1 Å². The Hall–Kier alpha value is -2.96. The van der Waals surface area contributed by atoms with Crippen LogP contribution in [0.25, 0.3) is 5.69 Å². The number of pyridine rings is 1. The zero-order valence-corrected chi connectivity index (χ0v) is 18.5. The molecule has 6 heteroatoms. The summed E-state index contributed by atoms with van der Waals surface area (Å²) < 4.78 is 32.0. The van der Waals surface area contributed by atoms with Gasteiger partial charge in [-0.2, -0.15) is 0 Å². The number of halogens is 1. The molecule has 172 valence electrons. The van der Waals surface area contributed by atoms with Crippen LogP contribution in [-0.2, 0) is 16.1 Å². The molecule has 1 saturated heterocycles. The number of nitrogens with zero attached hydrogens (tertiary/aromatic N) is 1. The maximum atomic E-state index is 13.0. The maximum absolute atomic E-state index is 13.0. The average Bonchev–Trinajstić information content (AvgIpc) is 2.82. The number of aromatic nitrogens is 1. The summed E-state index contributed by atoms with van der Waals surface area (Å²) in [6.45, 7) is 1.08. The van der Waals surface area contributed by atoms with Crippen molar-refractivity contribution >= 4 is 0 Å². The molecule has 3 aromatic rings. The molecule has 0 N–H and O–H groups in total. The van der Waals surface area contributed by atoms with Crippen molar-refractivity contribution in [2.75, 3.05) is 6.61 Å². The Balaban J connectivity index is 1.16. The van der Waals surface area contributed by atoms with E-state index in [-0.39, 0.29) is 30.4 Å². The summed E-state index contributed by atoms with van der Waals surface area (Å²) in [5, 5.41) is 0. The van der Waals surface area contributed by atoms with E-state index in [0.29, 0.717) is 11.7 Å². The maximum Gasteiger partial charge on any atom is 0.258 e. The molecule has 2 fully saturated rings. The zero-order chi connectivity index (χ0) is 22.6. The van der Waals surface area contributed by atoms with Gasteiger partial charge >= 0.3 is 0 Å². The minimum Gasteiger partial charge on any atom is -0.489 e. The molecule has 0 spiro atoms. The highest BCUT2D eigenvalue weighted by Gasteiger charge is 2.33. The predicted octanol–water partition coefficient (Wildman–Crippen LogP) is 5.34. The van der Waals surface area contributed by atoms with E-state index >= 15 is 0 Å². The van der Waals surface area contributed by atoms with E-state index in [0.717, 1.165) is 43.5 Å². The number of hydrogen-bond donors (Lipinski definition) is 0. The molecular formula is C27H28FNO4. The highest BCUT2D eigenvalue weighted by molar-refractivity contribution is 5.38. The second kappa shape index (κ2) is 9.89. The number of rotatable bonds is 7. The van der Waals surface area contributed by atoms with Gasteiger partial charge in [0.15, 0.2) is 6.29 Å². The van der Waals surface area contributed by atoms with Gasteiger partial charge in [-0.1, -0.05) is 24.3 Å². The fourth-order valence-electron chi connectivity index (χ4n) is 4.40. The highest BCUT2D eigenvalue weighted by atomic mass is 19.1. The van der Waals surface area contributed by atoms with E-state index in [4.69, 9.17) is 14.2 Å². The summed E-state index contributed by atoms with van der Waals surface area (Å²) in [6.07, 6.45) is 7.31. The molecule has 1 atom stereocenters. The van der Waals surface area contributed by atoms with Crippen LogP contribution in [-0.4, -0.2) is 23.6 Å². The van der Waals surface area contributed by atoms with Gasteiger partial charge < -0.3 is 14.2 Å². The average molecular weight is 450 g/mol.